The van der Waals surface area contributed by atoms with Gasteiger partial charge in [0.15, 0.2) is 0 Å². The Labute approximate surface area is 104 Å². The van der Waals surface area contributed by atoms with Crippen molar-refractivity contribution in [1.82, 2.24) is 0 Å². The normalized spacial score (nSPS) is 11.8. The van der Waals surface area contributed by atoms with Gasteiger partial charge in [0.1, 0.15) is 4.88 Å². The van der Waals surface area contributed by atoms with Crippen molar-refractivity contribution >= 4 is 33.1 Å². The van der Waals surface area contributed by atoms with Gasteiger partial charge in [0.05, 0.1) is 18.4 Å². The van der Waals surface area contributed by atoms with Gasteiger partial charge in [-0.3, -0.25) is 0 Å². The van der Waals surface area contributed by atoms with E-state index in [1.165, 1.54) is 13.2 Å². The van der Waals surface area contributed by atoms with E-state index in [9.17, 15) is 18.0 Å². The highest BCUT2D eigenvalue weighted by molar-refractivity contribution is 7.21. The second-order valence-electron chi connectivity index (χ2n) is 3.55. The molecule has 0 aliphatic rings. The number of ether oxygens (including phenoxy) is 1. The number of methoxy groups -OCH3 is 1. The molecule has 0 unspecified atom stereocenters. The van der Waals surface area contributed by atoms with Crippen molar-refractivity contribution in [2.45, 2.75) is 6.18 Å². The van der Waals surface area contributed by atoms with Crippen LogP contribution >= 0.6 is 11.3 Å². The van der Waals surface area contributed by atoms with Gasteiger partial charge in [-0.25, -0.2) is 4.79 Å². The van der Waals surface area contributed by atoms with Crippen molar-refractivity contribution < 1.29 is 22.7 Å². The quantitative estimate of drug-likeness (QED) is 0.812. The number of carbonyl (C=O) groups excluding carboxylic acids is 1. The fourth-order valence-corrected chi connectivity index (χ4v) is 2.62. The SMILES string of the molecule is COC(=O)c1sc2cc(C(F)(F)F)ccc2c1N. The van der Waals surface area contributed by atoms with E-state index < -0.39 is 17.7 Å². The molecule has 1 aromatic heterocycles. The van der Waals surface area contributed by atoms with Crippen molar-refractivity contribution in [3.63, 3.8) is 0 Å². The molecule has 18 heavy (non-hydrogen) atoms. The number of thiophene rings is 1. The van der Waals surface area contributed by atoms with E-state index in [4.69, 9.17) is 5.73 Å². The lowest BCUT2D eigenvalue weighted by atomic mass is 10.1. The van der Waals surface area contributed by atoms with E-state index in [1.807, 2.05) is 0 Å². The van der Waals surface area contributed by atoms with Crippen LogP contribution in [0, 0.1) is 0 Å². The van der Waals surface area contributed by atoms with Crippen LogP contribution in [0.3, 0.4) is 0 Å². The van der Waals surface area contributed by atoms with Crippen LogP contribution < -0.4 is 5.73 Å². The molecular weight excluding hydrogens is 267 g/mol. The summed E-state index contributed by atoms with van der Waals surface area (Å²) < 4.78 is 42.4. The van der Waals surface area contributed by atoms with Crippen molar-refractivity contribution in [3.8, 4) is 0 Å². The third kappa shape index (κ3) is 2.01. The predicted molar refractivity (Wildman–Crippen MR) is 62.6 cm³/mol. The first-order valence-electron chi connectivity index (χ1n) is 4.82. The van der Waals surface area contributed by atoms with Gasteiger partial charge in [0.25, 0.3) is 0 Å². The molecule has 0 aliphatic heterocycles. The first-order valence-corrected chi connectivity index (χ1v) is 5.63. The number of halogens is 3. The first kappa shape index (κ1) is 12.7. The molecule has 1 aromatic carbocycles. The zero-order valence-electron chi connectivity index (χ0n) is 9.17. The van der Waals surface area contributed by atoms with E-state index >= 15 is 0 Å². The summed E-state index contributed by atoms with van der Waals surface area (Å²) in [5, 5.41) is 0.424. The van der Waals surface area contributed by atoms with E-state index in [2.05, 4.69) is 4.74 Å². The average Bonchev–Trinajstić information content (AvgIpc) is 2.64. The molecule has 96 valence electrons. The molecule has 2 aromatic rings. The maximum Gasteiger partial charge on any atom is 0.416 e. The monoisotopic (exact) mass is 275 g/mol. The van der Waals surface area contributed by atoms with Crippen molar-refractivity contribution in [2.75, 3.05) is 12.8 Å². The fraction of sp³-hybridized carbons (Fsp3) is 0.182. The Morgan fingerprint density at radius 2 is 2.06 bits per heavy atom. The van der Waals surface area contributed by atoms with E-state index in [-0.39, 0.29) is 10.6 Å². The third-order valence-electron chi connectivity index (χ3n) is 2.43. The van der Waals surface area contributed by atoms with E-state index in [0.29, 0.717) is 10.1 Å². The highest BCUT2D eigenvalue weighted by atomic mass is 32.1. The van der Waals surface area contributed by atoms with Gasteiger partial charge in [-0.15, -0.1) is 11.3 Å². The topological polar surface area (TPSA) is 52.3 Å². The first-order chi connectivity index (χ1) is 8.34. The molecule has 0 saturated carbocycles. The molecule has 0 bridgehead atoms. The minimum Gasteiger partial charge on any atom is -0.465 e. The lowest BCUT2D eigenvalue weighted by Gasteiger charge is -2.05. The summed E-state index contributed by atoms with van der Waals surface area (Å²) in [4.78, 5) is 11.5. The summed E-state index contributed by atoms with van der Waals surface area (Å²) in [5.74, 6) is -0.651. The van der Waals surface area contributed by atoms with Crippen LogP contribution in [-0.4, -0.2) is 13.1 Å². The number of fused-ring (bicyclic) bond motifs is 1. The van der Waals surface area contributed by atoms with Gasteiger partial charge >= 0.3 is 12.1 Å². The zero-order valence-corrected chi connectivity index (χ0v) is 9.98. The number of rotatable bonds is 1. The molecule has 0 aliphatic carbocycles. The lowest BCUT2D eigenvalue weighted by Crippen LogP contribution is -2.03. The summed E-state index contributed by atoms with van der Waals surface area (Å²) in [5.41, 5.74) is 5.08. The Hall–Kier alpha value is -1.76. The molecule has 2 rings (SSSR count). The molecule has 0 amide bonds. The second kappa shape index (κ2) is 4.16. The number of carbonyl (C=O) groups is 1. The van der Waals surface area contributed by atoms with Crippen molar-refractivity contribution in [1.29, 1.82) is 0 Å². The van der Waals surface area contributed by atoms with Crippen molar-refractivity contribution in [2.24, 2.45) is 0 Å². The van der Waals surface area contributed by atoms with Gasteiger partial charge in [-0.05, 0) is 12.1 Å². The Morgan fingerprint density at radius 3 is 2.61 bits per heavy atom. The van der Waals surface area contributed by atoms with Crippen LogP contribution in [0.4, 0.5) is 18.9 Å². The molecule has 0 atom stereocenters. The summed E-state index contributed by atoms with van der Waals surface area (Å²) >= 11 is 0.887. The average molecular weight is 275 g/mol. The van der Waals surface area contributed by atoms with Crippen LogP contribution in [-0.2, 0) is 10.9 Å². The van der Waals surface area contributed by atoms with Crippen molar-refractivity contribution in [3.05, 3.63) is 28.6 Å². The van der Waals surface area contributed by atoms with Gasteiger partial charge in [0, 0.05) is 10.1 Å². The van der Waals surface area contributed by atoms with Gasteiger partial charge < -0.3 is 10.5 Å². The number of alkyl halides is 3. The predicted octanol–water partition coefficient (Wildman–Crippen LogP) is 3.29. The molecule has 3 nitrogen and oxygen atoms in total. The third-order valence-corrected chi connectivity index (χ3v) is 3.57. The van der Waals surface area contributed by atoms with Gasteiger partial charge in [0.2, 0.25) is 0 Å². The van der Waals surface area contributed by atoms with Gasteiger partial charge in [-0.2, -0.15) is 13.2 Å². The van der Waals surface area contributed by atoms with Crippen LogP contribution in [0.1, 0.15) is 15.2 Å². The fourth-order valence-electron chi connectivity index (χ4n) is 1.54. The lowest BCUT2D eigenvalue weighted by molar-refractivity contribution is -0.137. The Kier molecular flexibility index (Phi) is 2.94. The van der Waals surface area contributed by atoms with E-state index in [1.54, 1.807) is 0 Å². The summed E-state index contributed by atoms with van der Waals surface area (Å²) in [7, 11) is 1.19. The molecule has 7 heteroatoms. The summed E-state index contributed by atoms with van der Waals surface area (Å²) in [6.07, 6.45) is -4.42. The number of benzene rings is 1. The number of esters is 1. The minimum atomic E-state index is -4.42. The summed E-state index contributed by atoms with van der Waals surface area (Å²) in [6.45, 7) is 0. The second-order valence-corrected chi connectivity index (χ2v) is 4.60. The smallest absolute Gasteiger partial charge is 0.416 e. The standard InChI is InChI=1S/C11H8F3NO2S/c1-17-10(16)9-8(15)6-3-2-5(11(12,13)14)4-7(6)18-9/h2-4H,15H2,1H3. The summed E-state index contributed by atoms with van der Waals surface area (Å²) in [6, 6.07) is 3.17. The minimum absolute atomic E-state index is 0.117. The Bertz CT molecular complexity index is 619. The highest BCUT2D eigenvalue weighted by Crippen LogP contribution is 2.38. The van der Waals surface area contributed by atoms with E-state index in [0.717, 1.165) is 23.5 Å². The van der Waals surface area contributed by atoms with Crippen LogP contribution in [0.2, 0.25) is 0 Å². The largest absolute Gasteiger partial charge is 0.465 e. The maximum atomic E-state index is 12.5. The van der Waals surface area contributed by atoms with Crippen LogP contribution in [0.5, 0.6) is 0 Å². The molecular formula is C11H8F3NO2S. The number of nitrogen functional groups attached to an aromatic ring is 1. The van der Waals surface area contributed by atoms with Crippen LogP contribution in [0.25, 0.3) is 10.1 Å². The number of nitrogens with two attached hydrogens (primary N) is 1. The van der Waals surface area contributed by atoms with Crippen LogP contribution in [0.15, 0.2) is 18.2 Å². The molecule has 0 saturated heterocycles. The number of anilines is 1. The number of hydrogen-bond acceptors (Lipinski definition) is 4. The zero-order chi connectivity index (χ0) is 13.5. The Balaban J connectivity index is 2.62. The maximum absolute atomic E-state index is 12.5. The highest BCUT2D eigenvalue weighted by Gasteiger charge is 2.31. The Morgan fingerprint density at radius 1 is 1.39 bits per heavy atom. The molecule has 0 radical (unpaired) electrons. The van der Waals surface area contributed by atoms with Gasteiger partial charge in [-0.1, -0.05) is 6.07 Å². The molecule has 1 heterocycles. The molecule has 0 fully saturated rings. The molecule has 2 N–H and O–H groups in total. The number of hydrogen-bond donors (Lipinski definition) is 1. The molecule has 0 spiro atoms.